The van der Waals surface area contributed by atoms with Crippen LogP contribution in [0.2, 0.25) is 0 Å². The van der Waals surface area contributed by atoms with Gasteiger partial charge in [0, 0.05) is 19.6 Å². The highest BCUT2D eigenvalue weighted by Crippen LogP contribution is 2.40. The molecule has 2 amide bonds. The number of anilines is 3. The normalized spacial score (nSPS) is 17.3. The minimum absolute atomic E-state index is 0.00347. The molecule has 1 aliphatic carbocycles. The summed E-state index contributed by atoms with van der Waals surface area (Å²) in [4.78, 5) is 42.3. The fourth-order valence-corrected chi connectivity index (χ4v) is 3.54. The van der Waals surface area contributed by atoms with E-state index in [0.717, 1.165) is 25.0 Å². The van der Waals surface area contributed by atoms with Crippen molar-refractivity contribution in [3.05, 3.63) is 42.5 Å². The van der Waals surface area contributed by atoms with Crippen molar-refractivity contribution in [1.82, 2.24) is 35.0 Å². The maximum Gasteiger partial charge on any atom is 0.418 e. The van der Waals surface area contributed by atoms with Crippen LogP contribution in [0.15, 0.2) is 31.1 Å². The number of hydrogen-bond acceptors (Lipinski definition) is 10. The maximum atomic E-state index is 12.8. The van der Waals surface area contributed by atoms with Crippen LogP contribution in [-0.2, 0) is 11.8 Å². The third-order valence-electron chi connectivity index (χ3n) is 5.42. The molecule has 1 unspecified atom stereocenters. The second-order valence-corrected chi connectivity index (χ2v) is 8.05. The number of hydrogen-bond donors (Lipinski definition) is 3. The quantitative estimate of drug-likeness (QED) is 0.469. The lowest BCUT2D eigenvalue weighted by atomic mass is 10.2. The first kappa shape index (κ1) is 21.7. The Labute approximate surface area is 194 Å². The van der Waals surface area contributed by atoms with Crippen LogP contribution < -0.4 is 20.7 Å². The maximum absolute atomic E-state index is 12.8. The van der Waals surface area contributed by atoms with Gasteiger partial charge in [0.1, 0.15) is 12.0 Å². The Bertz CT molecular complexity index is 1190. The van der Waals surface area contributed by atoms with E-state index in [0.29, 0.717) is 24.8 Å². The predicted octanol–water partition coefficient (Wildman–Crippen LogP) is 1.75. The van der Waals surface area contributed by atoms with Gasteiger partial charge in [-0.05, 0) is 19.3 Å². The van der Waals surface area contributed by atoms with Gasteiger partial charge in [-0.25, -0.2) is 24.7 Å². The summed E-state index contributed by atoms with van der Waals surface area (Å²) in [6.45, 7) is 1.05. The fraction of sp³-hybridized carbons (Fsp3) is 0.381. The molecule has 1 saturated carbocycles. The molecule has 0 bridgehead atoms. The summed E-state index contributed by atoms with van der Waals surface area (Å²) < 4.78 is 12.2. The van der Waals surface area contributed by atoms with Gasteiger partial charge in [-0.1, -0.05) is 0 Å². The van der Waals surface area contributed by atoms with Crippen LogP contribution in [0.5, 0.6) is 5.88 Å². The van der Waals surface area contributed by atoms with Crippen LogP contribution in [0.1, 0.15) is 41.4 Å². The predicted molar refractivity (Wildman–Crippen MR) is 119 cm³/mol. The Morgan fingerprint density at radius 1 is 1.15 bits per heavy atom. The number of nitrogens with one attached hydrogen (secondary N) is 3. The zero-order valence-corrected chi connectivity index (χ0v) is 18.4. The molecule has 1 atom stereocenters. The highest BCUT2D eigenvalue weighted by atomic mass is 16.6. The Kier molecular flexibility index (Phi) is 5.99. The van der Waals surface area contributed by atoms with Crippen LogP contribution in [0.3, 0.4) is 0 Å². The number of carbonyl (C=O) groups excluding carboxylic acids is 2. The number of aryl methyl sites for hydroxylation is 1. The summed E-state index contributed by atoms with van der Waals surface area (Å²) in [5, 5.41) is 12.6. The van der Waals surface area contributed by atoms with Crippen molar-refractivity contribution in [2.75, 3.05) is 23.8 Å². The number of carbonyl (C=O) groups is 2. The lowest BCUT2D eigenvalue weighted by Crippen LogP contribution is -2.36. The second-order valence-electron chi connectivity index (χ2n) is 8.05. The second kappa shape index (κ2) is 9.39. The molecule has 5 rings (SSSR count). The molecule has 1 aliphatic heterocycles. The lowest BCUT2D eigenvalue weighted by Gasteiger charge is -2.13. The SMILES string of the molecule is Cn1ncc(NC(=O)Oc2nc(C3CC3)cnc2Nc2cncnc2)c1C(=O)NC1CCOC1. The zero-order valence-electron chi connectivity index (χ0n) is 18.4. The summed E-state index contributed by atoms with van der Waals surface area (Å²) in [5.74, 6) is 0.177. The topological polar surface area (TPSA) is 158 Å². The van der Waals surface area contributed by atoms with E-state index in [9.17, 15) is 9.59 Å². The van der Waals surface area contributed by atoms with Crippen molar-refractivity contribution < 1.29 is 19.1 Å². The Balaban J connectivity index is 1.32. The van der Waals surface area contributed by atoms with E-state index in [-0.39, 0.29) is 35.0 Å². The van der Waals surface area contributed by atoms with Crippen molar-refractivity contribution >= 4 is 29.2 Å². The van der Waals surface area contributed by atoms with Gasteiger partial charge in [0.05, 0.1) is 54.5 Å². The first-order valence-corrected chi connectivity index (χ1v) is 10.8. The third-order valence-corrected chi connectivity index (χ3v) is 5.42. The third kappa shape index (κ3) is 4.93. The molecule has 3 N–H and O–H groups in total. The molecule has 34 heavy (non-hydrogen) atoms. The molecule has 3 aromatic heterocycles. The minimum Gasteiger partial charge on any atom is -0.387 e. The molecule has 13 nitrogen and oxygen atoms in total. The van der Waals surface area contributed by atoms with Crippen molar-refractivity contribution in [3.8, 4) is 5.88 Å². The fourth-order valence-electron chi connectivity index (χ4n) is 3.54. The smallest absolute Gasteiger partial charge is 0.387 e. The van der Waals surface area contributed by atoms with Gasteiger partial charge < -0.3 is 20.1 Å². The number of aromatic nitrogens is 6. The molecule has 0 spiro atoms. The van der Waals surface area contributed by atoms with Gasteiger partial charge in [0.25, 0.3) is 11.8 Å². The number of nitrogens with zero attached hydrogens (tertiary/aromatic N) is 6. The van der Waals surface area contributed by atoms with Crippen molar-refractivity contribution in [2.45, 2.75) is 31.2 Å². The molecular formula is C21H23N9O4. The molecule has 4 heterocycles. The first-order valence-electron chi connectivity index (χ1n) is 10.8. The van der Waals surface area contributed by atoms with E-state index in [2.05, 4.69) is 41.0 Å². The average Bonchev–Trinajstić information content (AvgIpc) is 3.44. The summed E-state index contributed by atoms with van der Waals surface area (Å²) in [7, 11) is 1.62. The van der Waals surface area contributed by atoms with Gasteiger partial charge in [0.15, 0.2) is 5.82 Å². The summed E-state index contributed by atoms with van der Waals surface area (Å²) >= 11 is 0. The molecule has 2 fully saturated rings. The average molecular weight is 465 g/mol. The molecule has 13 heteroatoms. The largest absolute Gasteiger partial charge is 0.418 e. The summed E-state index contributed by atoms with van der Waals surface area (Å²) in [6, 6.07) is -0.0850. The highest BCUT2D eigenvalue weighted by molar-refractivity contribution is 6.01. The molecule has 2 aliphatic rings. The van der Waals surface area contributed by atoms with Gasteiger partial charge in [-0.3, -0.25) is 14.8 Å². The minimum atomic E-state index is -0.833. The summed E-state index contributed by atoms with van der Waals surface area (Å²) in [5.41, 5.74) is 1.71. The Morgan fingerprint density at radius 3 is 2.71 bits per heavy atom. The highest BCUT2D eigenvalue weighted by Gasteiger charge is 2.28. The van der Waals surface area contributed by atoms with Crippen molar-refractivity contribution in [1.29, 1.82) is 0 Å². The first-order chi connectivity index (χ1) is 16.6. The van der Waals surface area contributed by atoms with E-state index in [4.69, 9.17) is 9.47 Å². The van der Waals surface area contributed by atoms with Crippen LogP contribution in [0.4, 0.5) is 22.0 Å². The van der Waals surface area contributed by atoms with E-state index in [1.807, 2.05) is 0 Å². The van der Waals surface area contributed by atoms with E-state index in [1.165, 1.54) is 17.2 Å². The molecular weight excluding hydrogens is 442 g/mol. The molecule has 1 saturated heterocycles. The van der Waals surface area contributed by atoms with Gasteiger partial charge >= 0.3 is 6.09 Å². The zero-order chi connectivity index (χ0) is 23.5. The van der Waals surface area contributed by atoms with Crippen molar-refractivity contribution in [3.63, 3.8) is 0 Å². The monoisotopic (exact) mass is 465 g/mol. The van der Waals surface area contributed by atoms with E-state index in [1.54, 1.807) is 25.6 Å². The summed E-state index contributed by atoms with van der Waals surface area (Å²) in [6.07, 6.45) is 9.48. The van der Waals surface area contributed by atoms with E-state index >= 15 is 0 Å². The van der Waals surface area contributed by atoms with Crippen LogP contribution >= 0.6 is 0 Å². The molecule has 0 aromatic carbocycles. The molecule has 3 aromatic rings. The van der Waals surface area contributed by atoms with Gasteiger partial charge in [-0.2, -0.15) is 5.10 Å². The van der Waals surface area contributed by atoms with Gasteiger partial charge in [-0.15, -0.1) is 0 Å². The number of rotatable bonds is 7. The molecule has 0 radical (unpaired) electrons. The van der Waals surface area contributed by atoms with E-state index < -0.39 is 6.09 Å². The molecule has 176 valence electrons. The van der Waals surface area contributed by atoms with Crippen LogP contribution in [0.25, 0.3) is 0 Å². The Morgan fingerprint density at radius 2 is 1.97 bits per heavy atom. The number of ether oxygens (including phenoxy) is 2. The lowest BCUT2D eigenvalue weighted by molar-refractivity contribution is 0.0921. The van der Waals surface area contributed by atoms with Crippen LogP contribution in [0, 0.1) is 0 Å². The number of amides is 2. The van der Waals surface area contributed by atoms with Gasteiger partial charge in [0.2, 0.25) is 0 Å². The standard InChI is InChI=1S/C21H23N9O4/c1-30-17(19(31)27-13-4-5-33-10-13)16(9-25-30)29-21(32)34-20-18(26-14-6-22-11-23-7-14)24-8-15(28-20)12-2-3-12/h6-9,11-13H,2-5,10H2,1H3,(H,24,26)(H,27,31)(H,29,32). The Hall–Kier alpha value is -4.13. The van der Waals surface area contributed by atoms with Crippen LogP contribution in [-0.4, -0.2) is 61.0 Å². The van der Waals surface area contributed by atoms with Crippen molar-refractivity contribution in [2.24, 2.45) is 7.05 Å².